The zero-order valence-corrected chi connectivity index (χ0v) is 12.7. The molecule has 4 nitrogen and oxygen atoms in total. The van der Waals surface area contributed by atoms with Gasteiger partial charge in [0.15, 0.2) is 5.82 Å². The van der Waals surface area contributed by atoms with Gasteiger partial charge in [-0.05, 0) is 28.5 Å². The number of nitrogens with one attached hydrogen (secondary N) is 1. The zero-order chi connectivity index (χ0) is 14.2. The molecule has 0 unspecified atom stereocenters. The molecule has 3 heterocycles. The second-order valence-corrected chi connectivity index (χ2v) is 6.65. The second kappa shape index (κ2) is 4.90. The molecule has 0 spiro atoms. The lowest BCUT2D eigenvalue weighted by Crippen LogP contribution is -2.11. The van der Waals surface area contributed by atoms with E-state index in [-0.39, 0.29) is 5.41 Å². The average Bonchev–Trinajstić information content (AvgIpc) is 3.04. The summed E-state index contributed by atoms with van der Waals surface area (Å²) in [5, 5.41) is 12.2. The summed E-state index contributed by atoms with van der Waals surface area (Å²) in [6.45, 7) is 7.29. The number of anilines is 1. The molecule has 0 aliphatic rings. The number of hydrogen-bond acceptors (Lipinski definition) is 4. The summed E-state index contributed by atoms with van der Waals surface area (Å²) < 4.78 is 1.89. The number of nitrogens with zero attached hydrogens (tertiary/aromatic N) is 3. The maximum atomic E-state index is 4.63. The Morgan fingerprint density at radius 3 is 2.90 bits per heavy atom. The first-order valence-corrected chi connectivity index (χ1v) is 7.58. The third-order valence-electron chi connectivity index (χ3n) is 3.20. The highest BCUT2D eigenvalue weighted by Crippen LogP contribution is 2.24. The van der Waals surface area contributed by atoms with Crippen LogP contribution >= 0.6 is 11.3 Å². The third-order valence-corrected chi connectivity index (χ3v) is 3.93. The van der Waals surface area contributed by atoms with Crippen LogP contribution in [0.5, 0.6) is 0 Å². The summed E-state index contributed by atoms with van der Waals surface area (Å²) in [5.74, 6) is 0.877. The van der Waals surface area contributed by atoms with Gasteiger partial charge in [-0.3, -0.25) is 0 Å². The molecule has 3 rings (SSSR count). The van der Waals surface area contributed by atoms with E-state index in [1.165, 1.54) is 5.56 Å². The maximum Gasteiger partial charge on any atom is 0.152 e. The van der Waals surface area contributed by atoms with E-state index in [2.05, 4.69) is 59.1 Å². The van der Waals surface area contributed by atoms with Gasteiger partial charge in [0.25, 0.3) is 0 Å². The lowest BCUT2D eigenvalue weighted by atomic mass is 9.92. The Balaban J connectivity index is 1.92. The molecular weight excluding hydrogens is 268 g/mol. The Hall–Kier alpha value is -1.88. The van der Waals surface area contributed by atoms with Gasteiger partial charge in [-0.2, -0.15) is 16.4 Å². The predicted octanol–water partition coefficient (Wildman–Crippen LogP) is 3.70. The summed E-state index contributed by atoms with van der Waals surface area (Å²) in [7, 11) is 0. The van der Waals surface area contributed by atoms with Crippen molar-refractivity contribution in [1.29, 1.82) is 0 Å². The molecule has 0 radical (unpaired) electrons. The Labute approximate surface area is 122 Å². The van der Waals surface area contributed by atoms with Crippen molar-refractivity contribution in [3.63, 3.8) is 0 Å². The first-order valence-electron chi connectivity index (χ1n) is 6.64. The van der Waals surface area contributed by atoms with Crippen LogP contribution in [0.15, 0.2) is 35.3 Å². The van der Waals surface area contributed by atoms with Crippen LogP contribution in [0.2, 0.25) is 0 Å². The molecule has 0 fully saturated rings. The normalized spacial score (nSPS) is 11.9. The van der Waals surface area contributed by atoms with Crippen LogP contribution in [-0.4, -0.2) is 14.6 Å². The molecule has 0 saturated carbocycles. The Morgan fingerprint density at radius 2 is 2.20 bits per heavy atom. The maximum absolute atomic E-state index is 4.63. The van der Waals surface area contributed by atoms with E-state index >= 15 is 0 Å². The van der Waals surface area contributed by atoms with Crippen molar-refractivity contribution in [3.05, 3.63) is 46.5 Å². The SMILES string of the molecule is CC(C)(C)c1cc2c(NCc3ccsc3)nccn2n1. The molecule has 0 aliphatic heterocycles. The van der Waals surface area contributed by atoms with Crippen molar-refractivity contribution in [1.82, 2.24) is 14.6 Å². The lowest BCUT2D eigenvalue weighted by Gasteiger charge is -2.13. The summed E-state index contributed by atoms with van der Waals surface area (Å²) in [6.07, 6.45) is 3.67. The van der Waals surface area contributed by atoms with Crippen LogP contribution in [-0.2, 0) is 12.0 Å². The highest BCUT2D eigenvalue weighted by atomic mass is 32.1. The number of fused-ring (bicyclic) bond motifs is 1. The van der Waals surface area contributed by atoms with Gasteiger partial charge in [-0.25, -0.2) is 9.50 Å². The van der Waals surface area contributed by atoms with E-state index in [1.807, 2.05) is 10.7 Å². The molecule has 0 saturated heterocycles. The Bertz CT molecular complexity index is 707. The fourth-order valence-corrected chi connectivity index (χ4v) is 2.67. The van der Waals surface area contributed by atoms with Crippen LogP contribution in [0.3, 0.4) is 0 Å². The number of aromatic nitrogens is 3. The first-order chi connectivity index (χ1) is 9.54. The third kappa shape index (κ3) is 2.54. The number of thiophene rings is 1. The average molecular weight is 286 g/mol. The summed E-state index contributed by atoms with van der Waals surface area (Å²) in [6, 6.07) is 4.23. The largest absolute Gasteiger partial charge is 0.364 e. The molecule has 20 heavy (non-hydrogen) atoms. The lowest BCUT2D eigenvalue weighted by molar-refractivity contribution is 0.562. The van der Waals surface area contributed by atoms with Gasteiger partial charge in [-0.1, -0.05) is 20.8 Å². The predicted molar refractivity (Wildman–Crippen MR) is 83.3 cm³/mol. The number of hydrogen-bond donors (Lipinski definition) is 1. The van der Waals surface area contributed by atoms with Gasteiger partial charge in [0.1, 0.15) is 5.52 Å². The summed E-state index contributed by atoms with van der Waals surface area (Å²) in [5.41, 5.74) is 3.41. The molecule has 3 aromatic heterocycles. The Kier molecular flexibility index (Phi) is 3.22. The van der Waals surface area contributed by atoms with Gasteiger partial charge >= 0.3 is 0 Å². The smallest absolute Gasteiger partial charge is 0.152 e. The first kappa shape index (κ1) is 13.1. The van der Waals surface area contributed by atoms with Gasteiger partial charge in [0, 0.05) is 24.4 Å². The van der Waals surface area contributed by atoms with Crippen LogP contribution in [0.4, 0.5) is 5.82 Å². The van der Waals surface area contributed by atoms with E-state index in [9.17, 15) is 0 Å². The summed E-state index contributed by atoms with van der Waals surface area (Å²) >= 11 is 1.71. The second-order valence-electron chi connectivity index (χ2n) is 5.87. The van der Waals surface area contributed by atoms with Crippen LogP contribution in [0.25, 0.3) is 5.52 Å². The molecule has 0 amide bonds. The van der Waals surface area contributed by atoms with Gasteiger partial charge in [-0.15, -0.1) is 0 Å². The molecule has 1 N–H and O–H groups in total. The van der Waals surface area contributed by atoms with E-state index in [4.69, 9.17) is 0 Å². The number of rotatable bonds is 3. The van der Waals surface area contributed by atoms with E-state index < -0.39 is 0 Å². The van der Waals surface area contributed by atoms with E-state index in [0.717, 1.165) is 23.6 Å². The van der Waals surface area contributed by atoms with Gasteiger partial charge in [0.05, 0.1) is 5.69 Å². The minimum absolute atomic E-state index is 0.0383. The van der Waals surface area contributed by atoms with Crippen molar-refractivity contribution < 1.29 is 0 Å². The minimum atomic E-state index is 0.0383. The fraction of sp³-hybridized carbons (Fsp3) is 0.333. The topological polar surface area (TPSA) is 42.2 Å². The molecule has 5 heteroatoms. The molecular formula is C15H18N4S. The molecule has 3 aromatic rings. The van der Waals surface area contributed by atoms with Crippen LogP contribution < -0.4 is 5.32 Å². The van der Waals surface area contributed by atoms with Gasteiger partial charge < -0.3 is 5.32 Å². The molecule has 0 aliphatic carbocycles. The Morgan fingerprint density at radius 1 is 1.35 bits per heavy atom. The minimum Gasteiger partial charge on any atom is -0.364 e. The van der Waals surface area contributed by atoms with Gasteiger partial charge in [0.2, 0.25) is 0 Å². The zero-order valence-electron chi connectivity index (χ0n) is 11.9. The van der Waals surface area contributed by atoms with E-state index in [1.54, 1.807) is 17.5 Å². The highest BCUT2D eigenvalue weighted by molar-refractivity contribution is 7.07. The molecule has 0 bridgehead atoms. The standard InChI is InChI=1S/C15H18N4S/c1-15(2,3)13-8-12-14(16-5-6-19(12)18-13)17-9-11-4-7-20-10-11/h4-8,10H,9H2,1-3H3,(H,16,17). The van der Waals surface area contributed by atoms with Crippen LogP contribution in [0, 0.1) is 0 Å². The van der Waals surface area contributed by atoms with Crippen molar-refractivity contribution in [2.75, 3.05) is 5.32 Å². The fourth-order valence-electron chi connectivity index (χ4n) is 2.00. The quantitative estimate of drug-likeness (QED) is 0.798. The summed E-state index contributed by atoms with van der Waals surface area (Å²) in [4.78, 5) is 4.43. The molecule has 0 atom stereocenters. The van der Waals surface area contributed by atoms with Crippen molar-refractivity contribution in [2.24, 2.45) is 0 Å². The van der Waals surface area contributed by atoms with E-state index in [0.29, 0.717) is 0 Å². The van der Waals surface area contributed by atoms with Crippen LogP contribution in [0.1, 0.15) is 32.0 Å². The van der Waals surface area contributed by atoms with Crippen molar-refractivity contribution in [2.45, 2.75) is 32.7 Å². The van der Waals surface area contributed by atoms with Crippen molar-refractivity contribution in [3.8, 4) is 0 Å². The van der Waals surface area contributed by atoms with Crippen molar-refractivity contribution >= 4 is 22.7 Å². The molecule has 0 aromatic carbocycles. The molecule has 104 valence electrons. The monoisotopic (exact) mass is 286 g/mol. The highest BCUT2D eigenvalue weighted by Gasteiger charge is 2.18.